The number of aromatic nitrogens is 2. The monoisotopic (exact) mass is 291 g/mol. The summed E-state index contributed by atoms with van der Waals surface area (Å²) in [5.74, 6) is -1.01. The molecule has 7 nitrogen and oxygen atoms in total. The molecule has 0 aliphatic carbocycles. The Morgan fingerprint density at radius 1 is 1.43 bits per heavy atom. The third-order valence-electron chi connectivity index (χ3n) is 2.57. The summed E-state index contributed by atoms with van der Waals surface area (Å²) in [6.45, 7) is 5.56. The summed E-state index contributed by atoms with van der Waals surface area (Å²) >= 11 is 0. The molecular formula is C14H17N3O4. The summed E-state index contributed by atoms with van der Waals surface area (Å²) in [6.07, 6.45) is 2.81. The minimum Gasteiger partial charge on any atom is -0.478 e. The lowest BCUT2D eigenvalue weighted by Gasteiger charge is -2.19. The molecule has 0 bridgehead atoms. The van der Waals surface area contributed by atoms with Crippen LogP contribution in [0.4, 0.5) is 4.79 Å². The zero-order valence-electron chi connectivity index (χ0n) is 12.1. The van der Waals surface area contributed by atoms with Crippen LogP contribution in [-0.4, -0.2) is 32.2 Å². The van der Waals surface area contributed by atoms with Gasteiger partial charge in [0.25, 0.3) is 0 Å². The van der Waals surface area contributed by atoms with Gasteiger partial charge >= 0.3 is 12.1 Å². The highest BCUT2D eigenvalue weighted by Gasteiger charge is 2.16. The minimum absolute atomic E-state index is 0.166. The summed E-state index contributed by atoms with van der Waals surface area (Å²) in [7, 11) is 0. The van der Waals surface area contributed by atoms with Crippen molar-refractivity contribution >= 4 is 17.7 Å². The van der Waals surface area contributed by atoms with Gasteiger partial charge < -0.3 is 19.6 Å². The van der Waals surface area contributed by atoms with Crippen molar-refractivity contribution in [3.8, 4) is 0 Å². The molecule has 2 aromatic heterocycles. The van der Waals surface area contributed by atoms with Crippen LogP contribution in [0.2, 0.25) is 0 Å². The number of ether oxygens (including phenoxy) is 1. The maximum atomic E-state index is 11.5. The van der Waals surface area contributed by atoms with E-state index in [1.54, 1.807) is 37.6 Å². The van der Waals surface area contributed by atoms with Gasteiger partial charge in [0.2, 0.25) is 0 Å². The lowest BCUT2D eigenvalue weighted by Crippen LogP contribution is -2.32. The standard InChI is InChI=1S/C14H17N3O4/c1-14(2,3)21-13(20)15-7-10-8-17-5-4-9(12(18)19)6-11(17)16-10/h4-6,8H,7H2,1-3H3,(H,15,20)(H,18,19). The summed E-state index contributed by atoms with van der Waals surface area (Å²) in [4.78, 5) is 26.7. The third kappa shape index (κ3) is 3.95. The highest BCUT2D eigenvalue weighted by Crippen LogP contribution is 2.10. The average Bonchev–Trinajstić information content (AvgIpc) is 2.75. The predicted octanol–water partition coefficient (Wildman–Crippen LogP) is 2.06. The van der Waals surface area contributed by atoms with E-state index < -0.39 is 17.7 Å². The molecule has 2 rings (SSSR count). The number of nitrogens with one attached hydrogen (secondary N) is 1. The first-order chi connectivity index (χ1) is 9.74. The number of carboxylic acids is 1. The fourth-order valence-corrected chi connectivity index (χ4v) is 1.73. The zero-order valence-corrected chi connectivity index (χ0v) is 12.1. The second kappa shape index (κ2) is 5.43. The van der Waals surface area contributed by atoms with Crippen molar-refractivity contribution in [2.75, 3.05) is 0 Å². The van der Waals surface area contributed by atoms with E-state index in [1.165, 1.54) is 12.1 Å². The first-order valence-electron chi connectivity index (χ1n) is 6.42. The van der Waals surface area contributed by atoms with Crippen molar-refractivity contribution in [3.05, 3.63) is 35.8 Å². The van der Waals surface area contributed by atoms with E-state index >= 15 is 0 Å². The van der Waals surface area contributed by atoms with Crippen LogP contribution in [0.25, 0.3) is 5.65 Å². The van der Waals surface area contributed by atoms with Crippen LogP contribution >= 0.6 is 0 Å². The van der Waals surface area contributed by atoms with Gasteiger partial charge in [0.15, 0.2) is 0 Å². The number of hydrogen-bond acceptors (Lipinski definition) is 4. The smallest absolute Gasteiger partial charge is 0.407 e. The van der Waals surface area contributed by atoms with E-state index in [0.717, 1.165) is 0 Å². The van der Waals surface area contributed by atoms with E-state index in [4.69, 9.17) is 9.84 Å². The topological polar surface area (TPSA) is 92.9 Å². The van der Waals surface area contributed by atoms with Gasteiger partial charge in [0.05, 0.1) is 17.8 Å². The van der Waals surface area contributed by atoms with E-state index in [0.29, 0.717) is 11.3 Å². The lowest BCUT2D eigenvalue weighted by atomic mass is 10.2. The molecule has 0 radical (unpaired) electrons. The van der Waals surface area contributed by atoms with Crippen LogP contribution in [0.3, 0.4) is 0 Å². The highest BCUT2D eigenvalue weighted by molar-refractivity contribution is 5.88. The largest absolute Gasteiger partial charge is 0.478 e. The molecule has 2 heterocycles. The Bertz CT molecular complexity index is 685. The molecule has 2 aromatic rings. The van der Waals surface area contributed by atoms with Crippen LogP contribution in [-0.2, 0) is 11.3 Å². The van der Waals surface area contributed by atoms with Crippen molar-refractivity contribution in [3.63, 3.8) is 0 Å². The molecule has 0 aliphatic heterocycles. The number of carboxylic acid groups (broad SMARTS) is 1. The summed E-state index contributed by atoms with van der Waals surface area (Å²) in [5, 5.41) is 11.5. The van der Waals surface area contributed by atoms with Crippen LogP contribution in [0.5, 0.6) is 0 Å². The molecule has 0 spiro atoms. The van der Waals surface area contributed by atoms with Crippen molar-refractivity contribution in [2.45, 2.75) is 32.9 Å². The van der Waals surface area contributed by atoms with Gasteiger partial charge in [-0.1, -0.05) is 0 Å². The van der Waals surface area contributed by atoms with Gasteiger partial charge in [-0.05, 0) is 32.9 Å². The Balaban J connectivity index is 2.06. The number of hydrogen-bond donors (Lipinski definition) is 2. The van der Waals surface area contributed by atoms with Crippen molar-refractivity contribution in [1.29, 1.82) is 0 Å². The molecule has 0 saturated heterocycles. The number of amides is 1. The van der Waals surface area contributed by atoms with Crippen molar-refractivity contribution in [2.24, 2.45) is 0 Å². The Morgan fingerprint density at radius 3 is 2.76 bits per heavy atom. The number of fused-ring (bicyclic) bond motifs is 1. The molecule has 112 valence electrons. The van der Waals surface area contributed by atoms with Crippen molar-refractivity contribution in [1.82, 2.24) is 14.7 Å². The number of aromatic carboxylic acids is 1. The quantitative estimate of drug-likeness (QED) is 0.902. The molecule has 0 aromatic carbocycles. The molecule has 0 aliphatic rings. The Labute approximate surface area is 121 Å². The number of alkyl carbamates (subject to hydrolysis) is 1. The summed E-state index contributed by atoms with van der Waals surface area (Å²) < 4.78 is 6.81. The number of imidazole rings is 1. The van der Waals surface area contributed by atoms with Crippen LogP contribution < -0.4 is 5.32 Å². The van der Waals surface area contributed by atoms with Crippen LogP contribution in [0.1, 0.15) is 36.8 Å². The Kier molecular flexibility index (Phi) is 3.84. The molecule has 1 amide bonds. The van der Waals surface area contributed by atoms with E-state index in [9.17, 15) is 9.59 Å². The summed E-state index contributed by atoms with van der Waals surface area (Å²) in [5.41, 5.74) is 0.735. The van der Waals surface area contributed by atoms with Gasteiger partial charge in [-0.25, -0.2) is 14.6 Å². The molecule has 21 heavy (non-hydrogen) atoms. The van der Waals surface area contributed by atoms with Crippen LogP contribution in [0.15, 0.2) is 24.5 Å². The molecule has 0 saturated carbocycles. The minimum atomic E-state index is -1.01. The lowest BCUT2D eigenvalue weighted by molar-refractivity contribution is 0.0522. The van der Waals surface area contributed by atoms with Gasteiger partial charge in [-0.3, -0.25) is 0 Å². The number of nitrogens with zero attached hydrogens (tertiary/aromatic N) is 2. The maximum absolute atomic E-state index is 11.5. The molecule has 7 heteroatoms. The van der Waals surface area contributed by atoms with E-state index in [2.05, 4.69) is 10.3 Å². The second-order valence-electron chi connectivity index (χ2n) is 5.57. The first-order valence-corrected chi connectivity index (χ1v) is 6.42. The number of pyridine rings is 1. The van der Waals surface area contributed by atoms with Gasteiger partial charge in [0, 0.05) is 12.4 Å². The van der Waals surface area contributed by atoms with Gasteiger partial charge in [-0.15, -0.1) is 0 Å². The fraction of sp³-hybridized carbons (Fsp3) is 0.357. The van der Waals surface area contributed by atoms with Gasteiger partial charge in [-0.2, -0.15) is 0 Å². The molecular weight excluding hydrogens is 274 g/mol. The van der Waals surface area contributed by atoms with E-state index in [-0.39, 0.29) is 12.1 Å². The maximum Gasteiger partial charge on any atom is 0.407 e. The number of carbonyl (C=O) groups is 2. The fourth-order valence-electron chi connectivity index (χ4n) is 1.73. The summed E-state index contributed by atoms with van der Waals surface area (Å²) in [6, 6.07) is 2.96. The Morgan fingerprint density at radius 2 is 2.14 bits per heavy atom. The normalized spacial score (nSPS) is 11.4. The second-order valence-corrected chi connectivity index (χ2v) is 5.57. The average molecular weight is 291 g/mol. The zero-order chi connectivity index (χ0) is 15.6. The first kappa shape index (κ1) is 14.8. The molecule has 0 unspecified atom stereocenters. The van der Waals surface area contributed by atoms with Crippen molar-refractivity contribution < 1.29 is 19.4 Å². The SMILES string of the molecule is CC(C)(C)OC(=O)NCc1cn2ccc(C(=O)O)cc2n1. The number of rotatable bonds is 3. The molecule has 2 N–H and O–H groups in total. The molecule has 0 atom stereocenters. The third-order valence-corrected chi connectivity index (χ3v) is 2.57. The Hall–Kier alpha value is -2.57. The molecule has 0 fully saturated rings. The van der Waals surface area contributed by atoms with Gasteiger partial charge in [0.1, 0.15) is 11.2 Å². The highest BCUT2D eigenvalue weighted by atomic mass is 16.6. The number of carbonyl (C=O) groups excluding carboxylic acids is 1. The predicted molar refractivity (Wildman–Crippen MR) is 75.2 cm³/mol. The van der Waals surface area contributed by atoms with E-state index in [1.807, 2.05) is 0 Å². The van der Waals surface area contributed by atoms with Crippen LogP contribution in [0, 0.1) is 0 Å².